The third-order valence-electron chi connectivity index (χ3n) is 3.24. The van der Waals surface area contributed by atoms with E-state index in [1.807, 2.05) is 29.6 Å². The van der Waals surface area contributed by atoms with E-state index < -0.39 is 5.66 Å². The Kier molecular flexibility index (Phi) is 2.63. The number of halogens is 1. The highest BCUT2D eigenvalue weighted by molar-refractivity contribution is 7.10. The van der Waals surface area contributed by atoms with Gasteiger partial charge in [-0.3, -0.25) is 0 Å². The molecule has 7 heteroatoms. The molecule has 0 amide bonds. The molecule has 0 spiro atoms. The summed E-state index contributed by atoms with van der Waals surface area (Å²) in [6.45, 7) is 0.235. The van der Waals surface area contributed by atoms with Gasteiger partial charge in [-0.2, -0.15) is 0 Å². The van der Waals surface area contributed by atoms with E-state index in [2.05, 4.69) is 10.5 Å². The minimum absolute atomic E-state index is 0.235. The summed E-state index contributed by atoms with van der Waals surface area (Å²) in [6.07, 6.45) is 1.38. The van der Waals surface area contributed by atoms with Crippen LogP contribution in [0.3, 0.4) is 0 Å². The summed E-state index contributed by atoms with van der Waals surface area (Å²) in [6, 6.07) is 7.50. The zero-order chi connectivity index (χ0) is 13.6. The van der Waals surface area contributed by atoms with E-state index in [4.69, 9.17) is 25.9 Å². The molecule has 0 saturated carbocycles. The van der Waals surface area contributed by atoms with Crippen LogP contribution in [0.4, 0.5) is 0 Å². The lowest BCUT2D eigenvalue weighted by Crippen LogP contribution is -2.36. The molecule has 4 rings (SSSR count). The second-order valence-electron chi connectivity index (χ2n) is 4.33. The Morgan fingerprint density at radius 2 is 2.15 bits per heavy atom. The van der Waals surface area contributed by atoms with E-state index in [0.29, 0.717) is 10.8 Å². The van der Waals surface area contributed by atoms with Crippen molar-refractivity contribution in [2.45, 2.75) is 5.66 Å². The summed E-state index contributed by atoms with van der Waals surface area (Å²) in [4.78, 5) is 10.5. The zero-order valence-electron chi connectivity index (χ0n) is 10.1. The minimum atomic E-state index is -0.841. The summed E-state index contributed by atoms with van der Waals surface area (Å²) in [5.41, 5.74) is 2.96. The SMILES string of the molecule is Clc1ccsc1C1(c2ccc3c(c2)OCO3)N=CON1. The van der Waals surface area contributed by atoms with Crippen LogP contribution in [0, 0.1) is 0 Å². The first-order valence-corrected chi connectivity index (χ1v) is 7.15. The van der Waals surface area contributed by atoms with Gasteiger partial charge < -0.3 is 14.3 Å². The Morgan fingerprint density at radius 3 is 2.90 bits per heavy atom. The van der Waals surface area contributed by atoms with E-state index >= 15 is 0 Å². The Bertz CT molecular complexity index is 703. The van der Waals surface area contributed by atoms with Crippen LogP contribution in [-0.4, -0.2) is 13.2 Å². The topological polar surface area (TPSA) is 52.1 Å². The number of ether oxygens (including phenoxy) is 2. The van der Waals surface area contributed by atoms with Crippen molar-refractivity contribution in [2.24, 2.45) is 4.99 Å². The van der Waals surface area contributed by atoms with E-state index in [0.717, 1.165) is 16.2 Å². The third kappa shape index (κ3) is 1.62. The fourth-order valence-electron chi connectivity index (χ4n) is 2.29. The number of benzene rings is 1. The van der Waals surface area contributed by atoms with Crippen LogP contribution in [0.25, 0.3) is 0 Å². The number of nitrogens with zero attached hydrogens (tertiary/aromatic N) is 1. The summed E-state index contributed by atoms with van der Waals surface area (Å²) < 4.78 is 10.7. The molecule has 0 fully saturated rings. The van der Waals surface area contributed by atoms with Crippen molar-refractivity contribution in [2.75, 3.05) is 6.79 Å². The highest BCUT2D eigenvalue weighted by atomic mass is 35.5. The number of hydrogen-bond donors (Lipinski definition) is 1. The third-order valence-corrected chi connectivity index (χ3v) is 4.69. The maximum absolute atomic E-state index is 6.26. The molecule has 1 atom stereocenters. The second kappa shape index (κ2) is 4.37. The summed E-state index contributed by atoms with van der Waals surface area (Å²) in [5.74, 6) is 1.42. The molecule has 5 nitrogen and oxygen atoms in total. The Hall–Kier alpha value is -1.76. The predicted molar refractivity (Wildman–Crippen MR) is 75.4 cm³/mol. The van der Waals surface area contributed by atoms with Gasteiger partial charge in [0.2, 0.25) is 12.5 Å². The van der Waals surface area contributed by atoms with Gasteiger partial charge in [0.05, 0.1) is 9.90 Å². The molecule has 1 N–H and O–H groups in total. The van der Waals surface area contributed by atoms with Gasteiger partial charge in [0, 0.05) is 5.56 Å². The number of hydrogen-bond acceptors (Lipinski definition) is 6. The lowest BCUT2D eigenvalue weighted by Gasteiger charge is -2.24. The first-order chi connectivity index (χ1) is 9.79. The smallest absolute Gasteiger partial charge is 0.231 e. The van der Waals surface area contributed by atoms with E-state index in [9.17, 15) is 0 Å². The normalized spacial score (nSPS) is 23.1. The molecule has 1 aromatic carbocycles. The van der Waals surface area contributed by atoms with Crippen LogP contribution >= 0.6 is 22.9 Å². The number of thiophene rings is 1. The zero-order valence-corrected chi connectivity index (χ0v) is 11.7. The maximum atomic E-state index is 6.26. The van der Waals surface area contributed by atoms with Gasteiger partial charge in [0.25, 0.3) is 0 Å². The molecule has 2 aromatic rings. The number of aliphatic imine (C=N–C) groups is 1. The van der Waals surface area contributed by atoms with Crippen LogP contribution in [0.15, 0.2) is 34.6 Å². The van der Waals surface area contributed by atoms with E-state index in [1.54, 1.807) is 0 Å². The summed E-state index contributed by atoms with van der Waals surface area (Å²) >= 11 is 7.78. The van der Waals surface area contributed by atoms with Gasteiger partial charge in [-0.25, -0.2) is 4.99 Å². The molecule has 0 radical (unpaired) electrons. The lowest BCUT2D eigenvalue weighted by molar-refractivity contribution is 0.148. The predicted octanol–water partition coefficient (Wildman–Crippen LogP) is 2.89. The van der Waals surface area contributed by atoms with Crippen LogP contribution in [0.2, 0.25) is 5.02 Å². The van der Waals surface area contributed by atoms with Crippen LogP contribution in [0.1, 0.15) is 10.4 Å². The van der Waals surface area contributed by atoms with Crippen molar-refractivity contribution in [3.8, 4) is 11.5 Å². The number of fused-ring (bicyclic) bond motifs is 1. The van der Waals surface area contributed by atoms with Gasteiger partial charge in [0.1, 0.15) is 0 Å². The van der Waals surface area contributed by atoms with Crippen molar-refractivity contribution in [1.29, 1.82) is 0 Å². The quantitative estimate of drug-likeness (QED) is 0.927. The average molecular weight is 309 g/mol. The second-order valence-corrected chi connectivity index (χ2v) is 5.65. The number of hydroxylamine groups is 1. The molecule has 2 aliphatic heterocycles. The molecule has 0 saturated heterocycles. The Morgan fingerprint density at radius 1 is 1.25 bits per heavy atom. The Labute approximate surface area is 123 Å². The van der Waals surface area contributed by atoms with Crippen LogP contribution < -0.4 is 15.0 Å². The van der Waals surface area contributed by atoms with Gasteiger partial charge in [-0.05, 0) is 23.6 Å². The fraction of sp³-hybridized carbons (Fsp3) is 0.154. The number of nitrogens with one attached hydrogen (secondary N) is 1. The maximum Gasteiger partial charge on any atom is 0.231 e. The van der Waals surface area contributed by atoms with Gasteiger partial charge in [0.15, 0.2) is 17.9 Å². The van der Waals surface area contributed by atoms with Crippen molar-refractivity contribution in [3.63, 3.8) is 0 Å². The molecule has 1 unspecified atom stereocenters. The first kappa shape index (κ1) is 12.0. The van der Waals surface area contributed by atoms with Crippen molar-refractivity contribution in [3.05, 3.63) is 45.1 Å². The highest BCUT2D eigenvalue weighted by Gasteiger charge is 2.41. The highest BCUT2D eigenvalue weighted by Crippen LogP contribution is 2.43. The van der Waals surface area contributed by atoms with Crippen LogP contribution in [-0.2, 0) is 10.5 Å². The van der Waals surface area contributed by atoms with Crippen molar-refractivity contribution in [1.82, 2.24) is 5.48 Å². The molecular formula is C13H9ClN2O3S. The van der Waals surface area contributed by atoms with Crippen molar-refractivity contribution >= 4 is 29.3 Å². The summed E-state index contributed by atoms with van der Waals surface area (Å²) in [7, 11) is 0. The minimum Gasteiger partial charge on any atom is -0.454 e. The Balaban J connectivity index is 1.88. The van der Waals surface area contributed by atoms with E-state index in [1.165, 1.54) is 17.7 Å². The molecular weight excluding hydrogens is 300 g/mol. The van der Waals surface area contributed by atoms with Crippen molar-refractivity contribution < 1.29 is 14.3 Å². The molecule has 102 valence electrons. The largest absolute Gasteiger partial charge is 0.454 e. The molecule has 2 aliphatic rings. The fourth-order valence-corrected chi connectivity index (χ4v) is 3.60. The molecule has 0 aliphatic carbocycles. The van der Waals surface area contributed by atoms with Gasteiger partial charge in [-0.15, -0.1) is 16.8 Å². The number of rotatable bonds is 2. The lowest BCUT2D eigenvalue weighted by atomic mass is 9.98. The van der Waals surface area contributed by atoms with Gasteiger partial charge >= 0.3 is 0 Å². The molecule has 1 aromatic heterocycles. The standard InChI is InChI=1S/C13H9ClN2O3S/c14-9-3-4-20-12(9)13(15-6-19-16-13)8-1-2-10-11(5-8)18-7-17-10/h1-6,16H,7H2. The first-order valence-electron chi connectivity index (χ1n) is 5.90. The summed E-state index contributed by atoms with van der Waals surface area (Å²) in [5, 5.41) is 2.56. The monoisotopic (exact) mass is 308 g/mol. The van der Waals surface area contributed by atoms with Crippen LogP contribution in [0.5, 0.6) is 11.5 Å². The molecule has 0 bridgehead atoms. The van der Waals surface area contributed by atoms with Gasteiger partial charge in [-0.1, -0.05) is 17.7 Å². The van der Waals surface area contributed by atoms with E-state index in [-0.39, 0.29) is 6.79 Å². The molecule has 20 heavy (non-hydrogen) atoms. The molecule has 3 heterocycles. The average Bonchev–Trinajstić information content (AvgIpc) is 3.17.